The minimum absolute atomic E-state index is 0.0586. The fraction of sp³-hybridized carbons (Fsp3) is 0.333. The number of ether oxygens (including phenoxy) is 1. The summed E-state index contributed by atoms with van der Waals surface area (Å²) in [4.78, 5) is 47.7. The maximum atomic E-state index is 12.5. The van der Waals surface area contributed by atoms with E-state index in [-0.39, 0.29) is 18.6 Å². The number of aliphatic hydroxyl groups is 1. The van der Waals surface area contributed by atoms with Gasteiger partial charge < -0.3 is 31.3 Å². The number of nitrogens with two attached hydrogens (primary N) is 1. The summed E-state index contributed by atoms with van der Waals surface area (Å²) in [5.74, 6) is -3.33. The Labute approximate surface area is 208 Å². The van der Waals surface area contributed by atoms with Crippen LogP contribution in [0.15, 0.2) is 60.7 Å². The molecular formula is C24H29N3O7S. The molecule has 35 heavy (non-hydrogen) atoms. The van der Waals surface area contributed by atoms with Gasteiger partial charge in [0.2, 0.25) is 11.8 Å². The number of carbonyl (C=O) groups is 4. The SMILES string of the molecule is N[C@@H](CCC(=O)N[C@@H](CS)C(=O)NCC(=O)O[C@@H](c1ccccc1)[C@H](O)c1ccccc1)C(=O)O. The fourth-order valence-corrected chi connectivity index (χ4v) is 3.38. The molecule has 0 heterocycles. The number of benzene rings is 2. The first-order chi connectivity index (χ1) is 16.7. The van der Waals surface area contributed by atoms with E-state index in [0.29, 0.717) is 11.1 Å². The van der Waals surface area contributed by atoms with Crippen LogP contribution in [0.1, 0.15) is 36.2 Å². The van der Waals surface area contributed by atoms with Crippen molar-refractivity contribution in [2.45, 2.75) is 37.1 Å². The molecule has 11 heteroatoms. The highest BCUT2D eigenvalue weighted by Gasteiger charge is 2.27. The molecule has 2 aromatic rings. The number of esters is 1. The zero-order valence-electron chi connectivity index (χ0n) is 18.9. The number of thiol groups is 1. The molecule has 0 aliphatic heterocycles. The van der Waals surface area contributed by atoms with E-state index in [9.17, 15) is 24.3 Å². The molecule has 0 radical (unpaired) electrons. The molecule has 0 unspecified atom stereocenters. The number of rotatable bonds is 13. The summed E-state index contributed by atoms with van der Waals surface area (Å²) in [5.41, 5.74) is 6.49. The third-order valence-electron chi connectivity index (χ3n) is 5.06. The molecule has 188 valence electrons. The van der Waals surface area contributed by atoms with Crippen LogP contribution in [0.4, 0.5) is 0 Å². The lowest BCUT2D eigenvalue weighted by atomic mass is 9.98. The predicted octanol–water partition coefficient (Wildman–Crippen LogP) is 0.727. The Morgan fingerprint density at radius 3 is 2.09 bits per heavy atom. The van der Waals surface area contributed by atoms with Crippen LogP contribution in [0.3, 0.4) is 0 Å². The van der Waals surface area contributed by atoms with Crippen molar-refractivity contribution in [3.63, 3.8) is 0 Å². The highest BCUT2D eigenvalue weighted by molar-refractivity contribution is 7.80. The molecule has 0 spiro atoms. The molecule has 0 bridgehead atoms. The number of carboxylic acids is 1. The van der Waals surface area contributed by atoms with Crippen molar-refractivity contribution in [1.29, 1.82) is 0 Å². The molecule has 0 aromatic heterocycles. The minimum atomic E-state index is -1.23. The van der Waals surface area contributed by atoms with Gasteiger partial charge in [-0.1, -0.05) is 60.7 Å². The van der Waals surface area contributed by atoms with Crippen molar-refractivity contribution >= 4 is 36.4 Å². The maximum Gasteiger partial charge on any atom is 0.326 e. The van der Waals surface area contributed by atoms with Gasteiger partial charge in [-0.3, -0.25) is 19.2 Å². The van der Waals surface area contributed by atoms with Crippen LogP contribution in [0.25, 0.3) is 0 Å². The highest BCUT2D eigenvalue weighted by atomic mass is 32.1. The Balaban J connectivity index is 1.95. The molecule has 0 fully saturated rings. The third kappa shape index (κ3) is 9.04. The zero-order valence-corrected chi connectivity index (χ0v) is 19.8. The summed E-state index contributed by atoms with van der Waals surface area (Å²) in [7, 11) is 0. The lowest BCUT2D eigenvalue weighted by Crippen LogP contribution is -2.49. The Bertz CT molecular complexity index is 991. The average Bonchev–Trinajstić information content (AvgIpc) is 2.88. The molecule has 6 N–H and O–H groups in total. The number of aliphatic hydroxyl groups excluding tert-OH is 1. The third-order valence-corrected chi connectivity index (χ3v) is 5.42. The topological polar surface area (TPSA) is 168 Å². The van der Waals surface area contributed by atoms with Crippen LogP contribution in [0.2, 0.25) is 0 Å². The molecule has 2 aromatic carbocycles. The molecule has 0 aliphatic rings. The van der Waals surface area contributed by atoms with E-state index in [1.165, 1.54) is 0 Å². The van der Waals surface area contributed by atoms with E-state index in [2.05, 4.69) is 23.3 Å². The fourth-order valence-electron chi connectivity index (χ4n) is 3.12. The van der Waals surface area contributed by atoms with Gasteiger partial charge in [0.15, 0.2) is 6.10 Å². The number of hydrogen-bond acceptors (Lipinski definition) is 8. The second kappa shape index (κ2) is 14.1. The number of aliphatic carboxylic acids is 1. The van der Waals surface area contributed by atoms with Crippen LogP contribution in [-0.4, -0.2) is 58.3 Å². The van der Waals surface area contributed by atoms with Crippen molar-refractivity contribution in [2.24, 2.45) is 5.73 Å². The lowest BCUT2D eigenvalue weighted by molar-refractivity contribution is -0.155. The molecular weight excluding hydrogens is 474 g/mol. The molecule has 2 amide bonds. The maximum absolute atomic E-state index is 12.5. The van der Waals surface area contributed by atoms with Gasteiger partial charge in [0, 0.05) is 12.2 Å². The molecule has 0 aliphatic carbocycles. The van der Waals surface area contributed by atoms with Gasteiger partial charge in [-0.25, -0.2) is 0 Å². The largest absolute Gasteiger partial charge is 0.480 e. The summed E-state index contributed by atoms with van der Waals surface area (Å²) >= 11 is 4.04. The Morgan fingerprint density at radius 1 is 0.971 bits per heavy atom. The minimum Gasteiger partial charge on any atom is -0.480 e. The second-order valence-corrected chi connectivity index (χ2v) is 8.05. The first-order valence-electron chi connectivity index (χ1n) is 10.9. The Morgan fingerprint density at radius 2 is 1.54 bits per heavy atom. The van der Waals surface area contributed by atoms with Crippen molar-refractivity contribution < 1.29 is 34.1 Å². The van der Waals surface area contributed by atoms with E-state index < -0.39 is 54.6 Å². The van der Waals surface area contributed by atoms with Gasteiger partial charge in [0.05, 0.1) is 0 Å². The predicted molar refractivity (Wildman–Crippen MR) is 130 cm³/mol. The van der Waals surface area contributed by atoms with Gasteiger partial charge in [0.25, 0.3) is 0 Å². The molecule has 10 nitrogen and oxygen atoms in total. The van der Waals surface area contributed by atoms with E-state index in [4.69, 9.17) is 15.6 Å². The van der Waals surface area contributed by atoms with E-state index in [0.717, 1.165) is 0 Å². The van der Waals surface area contributed by atoms with Crippen LogP contribution in [-0.2, 0) is 23.9 Å². The average molecular weight is 504 g/mol. The normalized spacial score (nSPS) is 14.1. The van der Waals surface area contributed by atoms with Crippen molar-refractivity contribution in [2.75, 3.05) is 12.3 Å². The molecule has 0 saturated carbocycles. The quantitative estimate of drug-likeness (QED) is 0.172. The summed E-state index contributed by atoms with van der Waals surface area (Å²) in [5, 5.41) is 24.4. The molecule has 2 rings (SSSR count). The van der Waals surface area contributed by atoms with Crippen LogP contribution in [0.5, 0.6) is 0 Å². The first kappa shape index (κ1) is 27.8. The van der Waals surface area contributed by atoms with Gasteiger partial charge >= 0.3 is 11.9 Å². The standard InChI is InChI=1S/C24H29N3O7S/c25-17(24(32)33)11-12-19(28)27-18(14-35)23(31)26-13-20(29)34-22(16-9-5-2-6-10-16)21(30)15-7-3-1-4-8-15/h1-10,17-18,21-22,30,35H,11-14,25H2,(H,26,31)(H,27,28)(H,32,33)/t17-,18-,21+,22-/m0/s1. The highest BCUT2D eigenvalue weighted by Crippen LogP contribution is 2.32. The van der Waals surface area contributed by atoms with Crippen molar-refractivity contribution in [1.82, 2.24) is 10.6 Å². The van der Waals surface area contributed by atoms with Crippen LogP contribution < -0.4 is 16.4 Å². The number of hydrogen-bond donors (Lipinski definition) is 6. The van der Waals surface area contributed by atoms with Gasteiger partial charge in [-0.05, 0) is 17.5 Å². The second-order valence-electron chi connectivity index (χ2n) is 7.68. The zero-order chi connectivity index (χ0) is 25.8. The summed E-state index contributed by atoms with van der Waals surface area (Å²) in [6, 6.07) is 15.2. The van der Waals surface area contributed by atoms with Crippen molar-refractivity contribution in [3.05, 3.63) is 71.8 Å². The van der Waals surface area contributed by atoms with Crippen LogP contribution in [0, 0.1) is 0 Å². The van der Waals surface area contributed by atoms with Gasteiger partial charge in [-0.15, -0.1) is 0 Å². The Hall–Kier alpha value is -3.41. The Kier molecular flexibility index (Phi) is 11.2. The lowest BCUT2D eigenvalue weighted by Gasteiger charge is -2.24. The number of nitrogens with one attached hydrogen (secondary N) is 2. The number of carboxylic acid groups (broad SMARTS) is 1. The molecule has 0 saturated heterocycles. The number of amides is 2. The molecule has 4 atom stereocenters. The summed E-state index contributed by atoms with van der Waals surface area (Å²) in [6.07, 6.45) is -2.44. The van der Waals surface area contributed by atoms with E-state index in [1.54, 1.807) is 60.7 Å². The van der Waals surface area contributed by atoms with E-state index >= 15 is 0 Å². The van der Waals surface area contributed by atoms with E-state index in [1.807, 2.05) is 0 Å². The van der Waals surface area contributed by atoms with Crippen LogP contribution >= 0.6 is 12.6 Å². The smallest absolute Gasteiger partial charge is 0.326 e. The monoisotopic (exact) mass is 503 g/mol. The van der Waals surface area contributed by atoms with Crippen molar-refractivity contribution in [3.8, 4) is 0 Å². The summed E-state index contributed by atoms with van der Waals surface area (Å²) in [6.45, 7) is -0.506. The summed E-state index contributed by atoms with van der Waals surface area (Å²) < 4.78 is 5.51. The van der Waals surface area contributed by atoms with Gasteiger partial charge in [0.1, 0.15) is 24.7 Å². The van der Waals surface area contributed by atoms with Gasteiger partial charge in [-0.2, -0.15) is 12.6 Å². The number of carbonyl (C=O) groups excluding carboxylic acids is 3. The first-order valence-corrected chi connectivity index (χ1v) is 11.5.